The van der Waals surface area contributed by atoms with Gasteiger partial charge in [0.2, 0.25) is 0 Å². The van der Waals surface area contributed by atoms with E-state index in [4.69, 9.17) is 0 Å². The van der Waals surface area contributed by atoms with E-state index in [1.54, 1.807) is 12.1 Å². The predicted molar refractivity (Wildman–Crippen MR) is 102 cm³/mol. The molecule has 1 atom stereocenters. The molecule has 1 unspecified atom stereocenters. The molecule has 2 heterocycles. The van der Waals surface area contributed by atoms with Gasteiger partial charge in [0.05, 0.1) is 0 Å². The predicted octanol–water partition coefficient (Wildman–Crippen LogP) is 4.19. The van der Waals surface area contributed by atoms with Gasteiger partial charge in [-0.2, -0.15) is 0 Å². The number of rotatable bonds is 3. The van der Waals surface area contributed by atoms with Crippen LogP contribution >= 0.6 is 0 Å². The normalized spacial score (nSPS) is 21.5. The Labute approximate surface area is 154 Å². The van der Waals surface area contributed by atoms with Crippen LogP contribution in [0.3, 0.4) is 0 Å². The molecule has 0 spiro atoms. The molecule has 2 fully saturated rings. The smallest absolute Gasteiger partial charge is 0.253 e. The molecule has 3 nitrogen and oxygen atoms in total. The first-order chi connectivity index (χ1) is 12.6. The molecule has 2 saturated heterocycles. The van der Waals surface area contributed by atoms with E-state index in [-0.39, 0.29) is 11.7 Å². The summed E-state index contributed by atoms with van der Waals surface area (Å²) in [4.78, 5) is 17.2. The van der Waals surface area contributed by atoms with Gasteiger partial charge in [-0.3, -0.25) is 9.69 Å². The first-order valence-electron chi connectivity index (χ1n) is 9.53. The zero-order valence-corrected chi connectivity index (χ0v) is 15.2. The SMILES string of the molecule is CC1CCCCN1C1CN(C(=O)c2ccc(-c3ccc(F)cc3)cc2)C1. The highest BCUT2D eigenvalue weighted by Gasteiger charge is 2.37. The van der Waals surface area contributed by atoms with Gasteiger partial charge in [-0.25, -0.2) is 4.39 Å². The van der Waals surface area contributed by atoms with Crippen LogP contribution < -0.4 is 0 Å². The van der Waals surface area contributed by atoms with E-state index >= 15 is 0 Å². The number of hydrogen-bond acceptors (Lipinski definition) is 2. The zero-order valence-electron chi connectivity index (χ0n) is 15.2. The summed E-state index contributed by atoms with van der Waals surface area (Å²) in [6.07, 6.45) is 3.88. The lowest BCUT2D eigenvalue weighted by Gasteiger charge is -2.49. The lowest BCUT2D eigenvalue weighted by Crippen LogP contribution is -2.63. The van der Waals surface area contributed by atoms with E-state index in [2.05, 4.69) is 11.8 Å². The first-order valence-corrected chi connectivity index (χ1v) is 9.53. The summed E-state index contributed by atoms with van der Waals surface area (Å²) in [6, 6.07) is 15.2. The summed E-state index contributed by atoms with van der Waals surface area (Å²) in [5.41, 5.74) is 2.67. The molecular formula is C22H25FN2O. The highest BCUT2D eigenvalue weighted by Crippen LogP contribution is 2.26. The molecule has 0 bridgehead atoms. The lowest BCUT2D eigenvalue weighted by atomic mass is 9.96. The van der Waals surface area contributed by atoms with Crippen molar-refractivity contribution in [2.45, 2.75) is 38.3 Å². The molecule has 2 aliphatic heterocycles. The number of halogens is 1. The molecule has 1 amide bonds. The third kappa shape index (κ3) is 3.38. The molecular weight excluding hydrogens is 327 g/mol. The fourth-order valence-electron chi connectivity index (χ4n) is 4.12. The number of carbonyl (C=O) groups is 1. The molecule has 2 aromatic carbocycles. The van der Waals surface area contributed by atoms with Crippen molar-refractivity contribution in [1.82, 2.24) is 9.80 Å². The molecule has 4 rings (SSSR count). The molecule has 26 heavy (non-hydrogen) atoms. The molecule has 2 aliphatic rings. The first kappa shape index (κ1) is 17.2. The average Bonchev–Trinajstić information content (AvgIpc) is 2.63. The molecule has 0 N–H and O–H groups in total. The average molecular weight is 352 g/mol. The largest absolute Gasteiger partial charge is 0.335 e. The molecule has 0 aliphatic carbocycles. The Bertz CT molecular complexity index is 766. The summed E-state index contributed by atoms with van der Waals surface area (Å²) in [7, 11) is 0. The number of nitrogens with zero attached hydrogens (tertiary/aromatic N) is 2. The van der Waals surface area contributed by atoms with Gasteiger partial charge < -0.3 is 4.90 Å². The van der Waals surface area contributed by atoms with Crippen molar-refractivity contribution in [3.05, 3.63) is 59.9 Å². The van der Waals surface area contributed by atoms with Gasteiger partial charge in [0, 0.05) is 30.7 Å². The number of carbonyl (C=O) groups excluding carboxylic acids is 1. The second kappa shape index (κ2) is 7.20. The van der Waals surface area contributed by atoms with Crippen molar-refractivity contribution >= 4 is 5.91 Å². The Kier molecular flexibility index (Phi) is 4.77. The third-order valence-electron chi connectivity index (χ3n) is 5.78. The van der Waals surface area contributed by atoms with Crippen LogP contribution in [0.1, 0.15) is 36.5 Å². The Hall–Kier alpha value is -2.20. The zero-order chi connectivity index (χ0) is 18.1. The van der Waals surface area contributed by atoms with Crippen molar-refractivity contribution in [3.8, 4) is 11.1 Å². The van der Waals surface area contributed by atoms with E-state index < -0.39 is 0 Å². The van der Waals surface area contributed by atoms with Gasteiger partial charge in [-0.15, -0.1) is 0 Å². The van der Waals surface area contributed by atoms with Crippen molar-refractivity contribution in [2.75, 3.05) is 19.6 Å². The van der Waals surface area contributed by atoms with Crippen LogP contribution in [0, 0.1) is 5.82 Å². The van der Waals surface area contributed by atoms with Crippen LogP contribution in [0.5, 0.6) is 0 Å². The molecule has 0 aromatic heterocycles. The Morgan fingerprint density at radius 2 is 1.58 bits per heavy atom. The lowest BCUT2D eigenvalue weighted by molar-refractivity contribution is 0.00213. The van der Waals surface area contributed by atoms with Gasteiger partial charge in [0.25, 0.3) is 5.91 Å². The van der Waals surface area contributed by atoms with E-state index in [1.807, 2.05) is 29.2 Å². The van der Waals surface area contributed by atoms with Gasteiger partial charge >= 0.3 is 0 Å². The molecule has 136 valence electrons. The van der Waals surface area contributed by atoms with Crippen molar-refractivity contribution in [1.29, 1.82) is 0 Å². The number of piperidine rings is 1. The topological polar surface area (TPSA) is 23.6 Å². The fraction of sp³-hybridized carbons (Fsp3) is 0.409. The van der Waals surface area contributed by atoms with Crippen molar-refractivity contribution in [2.24, 2.45) is 0 Å². The van der Waals surface area contributed by atoms with E-state index in [0.717, 1.165) is 29.8 Å². The van der Waals surface area contributed by atoms with Gasteiger partial charge in [-0.1, -0.05) is 30.7 Å². The van der Waals surface area contributed by atoms with Gasteiger partial charge in [-0.05, 0) is 61.7 Å². The maximum Gasteiger partial charge on any atom is 0.253 e. The summed E-state index contributed by atoms with van der Waals surface area (Å²) < 4.78 is 13.0. The van der Waals surface area contributed by atoms with Gasteiger partial charge in [0.1, 0.15) is 5.82 Å². The Morgan fingerprint density at radius 1 is 0.962 bits per heavy atom. The minimum Gasteiger partial charge on any atom is -0.335 e. The van der Waals surface area contributed by atoms with Crippen molar-refractivity contribution < 1.29 is 9.18 Å². The van der Waals surface area contributed by atoms with Gasteiger partial charge in [0.15, 0.2) is 0 Å². The quantitative estimate of drug-likeness (QED) is 0.827. The summed E-state index contributed by atoms with van der Waals surface area (Å²) >= 11 is 0. The minimum absolute atomic E-state index is 0.108. The van der Waals surface area contributed by atoms with Crippen LogP contribution in [-0.4, -0.2) is 47.4 Å². The fourth-order valence-corrected chi connectivity index (χ4v) is 4.12. The van der Waals surface area contributed by atoms with Crippen molar-refractivity contribution in [3.63, 3.8) is 0 Å². The maximum absolute atomic E-state index is 13.0. The van der Waals surface area contributed by atoms with E-state index in [0.29, 0.717) is 12.1 Å². The summed E-state index contributed by atoms with van der Waals surface area (Å²) in [5.74, 6) is -0.132. The maximum atomic E-state index is 13.0. The number of hydrogen-bond donors (Lipinski definition) is 0. The summed E-state index contributed by atoms with van der Waals surface area (Å²) in [5, 5.41) is 0. The molecule has 0 saturated carbocycles. The van der Waals surface area contributed by atoms with Crippen LogP contribution in [0.4, 0.5) is 4.39 Å². The second-order valence-corrected chi connectivity index (χ2v) is 7.53. The van der Waals surface area contributed by atoms with Crippen LogP contribution in [0.15, 0.2) is 48.5 Å². The third-order valence-corrected chi connectivity index (χ3v) is 5.78. The van der Waals surface area contributed by atoms with Crippen LogP contribution in [0.2, 0.25) is 0 Å². The van der Waals surface area contributed by atoms with Crippen LogP contribution in [0.25, 0.3) is 11.1 Å². The Morgan fingerprint density at radius 3 is 2.19 bits per heavy atom. The second-order valence-electron chi connectivity index (χ2n) is 7.53. The highest BCUT2D eigenvalue weighted by molar-refractivity contribution is 5.95. The van der Waals surface area contributed by atoms with Crippen LogP contribution in [-0.2, 0) is 0 Å². The number of likely N-dealkylation sites (tertiary alicyclic amines) is 2. The molecule has 4 heteroatoms. The molecule has 2 aromatic rings. The number of benzene rings is 2. The van der Waals surface area contributed by atoms with E-state index in [1.165, 1.54) is 37.9 Å². The standard InChI is InChI=1S/C22H25FN2O/c1-16-4-2-3-13-25(16)21-14-24(15-21)22(26)19-7-5-17(6-8-19)18-9-11-20(23)12-10-18/h5-12,16,21H,2-4,13-15H2,1H3. The highest BCUT2D eigenvalue weighted by atomic mass is 19.1. The number of amides is 1. The summed E-state index contributed by atoms with van der Waals surface area (Å²) in [6.45, 7) is 5.14. The van der Waals surface area contributed by atoms with E-state index in [9.17, 15) is 9.18 Å². The minimum atomic E-state index is -0.240. The molecule has 0 radical (unpaired) electrons. The Balaban J connectivity index is 1.38. The monoisotopic (exact) mass is 352 g/mol.